The zero-order valence-electron chi connectivity index (χ0n) is 19.8. The molecule has 3 rings (SSSR count). The third-order valence-electron chi connectivity index (χ3n) is 4.87. The number of allylic oxidation sites excluding steroid dienone is 1. The number of nitrogens with one attached hydrogen (secondary N) is 2. The van der Waals surface area contributed by atoms with Crippen LogP contribution in [0, 0.1) is 0 Å². The number of amides is 2. The zero-order chi connectivity index (χ0) is 25.0. The van der Waals surface area contributed by atoms with Gasteiger partial charge in [0.2, 0.25) is 5.91 Å². The third kappa shape index (κ3) is 7.61. The minimum atomic E-state index is -0.178. The first-order valence-corrected chi connectivity index (χ1v) is 12.1. The molecule has 1 heterocycles. The van der Waals surface area contributed by atoms with Gasteiger partial charge in [-0.3, -0.25) is 9.59 Å². The molecule has 0 aliphatic heterocycles. The molecule has 0 aliphatic rings. The second-order valence-corrected chi connectivity index (χ2v) is 8.27. The van der Waals surface area contributed by atoms with Crippen LogP contribution in [0.5, 0.6) is 11.5 Å². The fourth-order valence-electron chi connectivity index (χ4n) is 3.18. The number of anilines is 1. The van der Waals surface area contributed by atoms with E-state index in [0.717, 1.165) is 5.75 Å². The highest BCUT2D eigenvalue weighted by atomic mass is 32.2. The van der Waals surface area contributed by atoms with E-state index < -0.39 is 0 Å². The number of methoxy groups -OCH3 is 1. The van der Waals surface area contributed by atoms with Crippen molar-refractivity contribution in [2.24, 2.45) is 0 Å². The van der Waals surface area contributed by atoms with Gasteiger partial charge in [-0.05, 0) is 55.5 Å². The molecule has 0 aliphatic carbocycles. The molecule has 35 heavy (non-hydrogen) atoms. The first-order chi connectivity index (χ1) is 17.0. The van der Waals surface area contributed by atoms with E-state index in [1.807, 2.05) is 23.6 Å². The van der Waals surface area contributed by atoms with Gasteiger partial charge in [0.05, 0.1) is 19.5 Å². The minimum Gasteiger partial charge on any atom is -0.497 e. The second kappa shape index (κ2) is 13.2. The topological polar surface area (TPSA) is 107 Å². The Balaban J connectivity index is 1.51. The zero-order valence-corrected chi connectivity index (χ0v) is 20.6. The predicted octanol–water partition coefficient (Wildman–Crippen LogP) is 3.57. The van der Waals surface area contributed by atoms with Gasteiger partial charge in [-0.2, -0.15) is 0 Å². The SMILES string of the molecule is C=CCn1c(CCNC(=O)c2ccc(OC)cc2)nnc1SCC(=O)Nc1ccc(OCC)cc1. The van der Waals surface area contributed by atoms with Gasteiger partial charge in [0.25, 0.3) is 5.91 Å². The molecule has 184 valence electrons. The molecule has 10 heteroatoms. The normalized spacial score (nSPS) is 10.5. The summed E-state index contributed by atoms with van der Waals surface area (Å²) in [7, 11) is 1.58. The van der Waals surface area contributed by atoms with E-state index in [2.05, 4.69) is 27.4 Å². The van der Waals surface area contributed by atoms with E-state index in [1.165, 1.54) is 11.8 Å². The Morgan fingerprint density at radius 3 is 2.46 bits per heavy atom. The van der Waals surface area contributed by atoms with Crippen molar-refractivity contribution in [3.8, 4) is 11.5 Å². The molecule has 0 fully saturated rings. The number of benzene rings is 2. The summed E-state index contributed by atoms with van der Waals surface area (Å²) in [6, 6.07) is 14.1. The lowest BCUT2D eigenvalue weighted by Gasteiger charge is -2.09. The molecule has 0 spiro atoms. The highest BCUT2D eigenvalue weighted by molar-refractivity contribution is 7.99. The van der Waals surface area contributed by atoms with Crippen LogP contribution in [-0.2, 0) is 17.8 Å². The van der Waals surface area contributed by atoms with Crippen LogP contribution in [-0.4, -0.2) is 52.6 Å². The van der Waals surface area contributed by atoms with Gasteiger partial charge in [-0.1, -0.05) is 17.8 Å². The maximum absolute atomic E-state index is 12.4. The highest BCUT2D eigenvalue weighted by Crippen LogP contribution is 2.19. The van der Waals surface area contributed by atoms with Crippen molar-refractivity contribution in [2.45, 2.75) is 25.0 Å². The Morgan fingerprint density at radius 2 is 1.80 bits per heavy atom. The minimum absolute atomic E-state index is 0.152. The van der Waals surface area contributed by atoms with Gasteiger partial charge < -0.3 is 24.7 Å². The Bertz CT molecular complexity index is 1130. The molecule has 0 radical (unpaired) electrons. The van der Waals surface area contributed by atoms with Crippen LogP contribution in [0.15, 0.2) is 66.3 Å². The maximum Gasteiger partial charge on any atom is 0.251 e. The van der Waals surface area contributed by atoms with Crippen LogP contribution in [0.3, 0.4) is 0 Å². The molecule has 0 unspecified atom stereocenters. The van der Waals surface area contributed by atoms with Crippen LogP contribution >= 0.6 is 11.8 Å². The first-order valence-electron chi connectivity index (χ1n) is 11.1. The fraction of sp³-hybridized carbons (Fsp3) is 0.280. The van der Waals surface area contributed by atoms with Gasteiger partial charge in [-0.15, -0.1) is 16.8 Å². The summed E-state index contributed by atoms with van der Waals surface area (Å²) >= 11 is 1.29. The summed E-state index contributed by atoms with van der Waals surface area (Å²) in [4.78, 5) is 24.8. The van der Waals surface area contributed by atoms with Gasteiger partial charge in [0.1, 0.15) is 17.3 Å². The summed E-state index contributed by atoms with van der Waals surface area (Å²) in [5.74, 6) is 2.00. The molecule has 9 nitrogen and oxygen atoms in total. The standard InChI is InChI=1S/C25H29N5O4S/c1-4-16-30-22(14-15-26-24(32)18-6-10-20(33-3)11-7-18)28-29-25(30)35-17-23(31)27-19-8-12-21(13-9-19)34-5-2/h4,6-13H,1,5,14-17H2,2-3H3,(H,26,32)(H,27,31). The quantitative estimate of drug-likeness (QED) is 0.276. The van der Waals surface area contributed by atoms with Crippen LogP contribution in [0.2, 0.25) is 0 Å². The number of nitrogens with zero attached hydrogens (tertiary/aromatic N) is 3. The van der Waals surface area contributed by atoms with E-state index in [0.29, 0.717) is 54.1 Å². The summed E-state index contributed by atoms with van der Waals surface area (Å²) in [6.45, 7) is 7.19. The van der Waals surface area contributed by atoms with Crippen LogP contribution in [0.4, 0.5) is 5.69 Å². The molecule has 2 aromatic carbocycles. The molecule has 3 aromatic rings. The monoisotopic (exact) mass is 495 g/mol. The van der Waals surface area contributed by atoms with E-state index in [4.69, 9.17) is 9.47 Å². The molecule has 0 saturated carbocycles. The van der Waals surface area contributed by atoms with Crippen molar-refractivity contribution < 1.29 is 19.1 Å². The highest BCUT2D eigenvalue weighted by Gasteiger charge is 2.14. The largest absolute Gasteiger partial charge is 0.497 e. The number of carbonyl (C=O) groups excluding carboxylic acids is 2. The van der Waals surface area contributed by atoms with Crippen molar-refractivity contribution in [1.82, 2.24) is 20.1 Å². The van der Waals surface area contributed by atoms with E-state index in [9.17, 15) is 9.59 Å². The van der Waals surface area contributed by atoms with Gasteiger partial charge >= 0.3 is 0 Å². The summed E-state index contributed by atoms with van der Waals surface area (Å²) in [5, 5.41) is 14.8. The number of ether oxygens (including phenoxy) is 2. The van der Waals surface area contributed by atoms with Gasteiger partial charge in [0.15, 0.2) is 5.16 Å². The van der Waals surface area contributed by atoms with Crippen LogP contribution < -0.4 is 20.1 Å². The molecular weight excluding hydrogens is 466 g/mol. The Hall–Kier alpha value is -3.79. The lowest BCUT2D eigenvalue weighted by atomic mass is 10.2. The Labute approximate surface area is 208 Å². The number of hydrogen-bond acceptors (Lipinski definition) is 7. The number of carbonyl (C=O) groups is 2. The molecular formula is C25H29N5O4S. The lowest BCUT2D eigenvalue weighted by Crippen LogP contribution is -2.26. The molecule has 0 saturated heterocycles. The van der Waals surface area contributed by atoms with Crippen molar-refractivity contribution in [3.63, 3.8) is 0 Å². The molecule has 1 aromatic heterocycles. The summed E-state index contributed by atoms with van der Waals surface area (Å²) in [5.41, 5.74) is 1.24. The van der Waals surface area contributed by atoms with Gasteiger partial charge in [0, 0.05) is 30.8 Å². The fourth-order valence-corrected chi connectivity index (χ4v) is 3.95. The molecule has 0 bridgehead atoms. The average molecular weight is 496 g/mol. The van der Waals surface area contributed by atoms with Crippen molar-refractivity contribution in [2.75, 3.05) is 31.3 Å². The predicted molar refractivity (Wildman–Crippen MR) is 136 cm³/mol. The lowest BCUT2D eigenvalue weighted by molar-refractivity contribution is -0.113. The molecule has 0 atom stereocenters. The van der Waals surface area contributed by atoms with E-state index in [-0.39, 0.29) is 17.6 Å². The first kappa shape index (κ1) is 25.8. The van der Waals surface area contributed by atoms with Crippen LogP contribution in [0.1, 0.15) is 23.1 Å². The Morgan fingerprint density at radius 1 is 1.09 bits per heavy atom. The second-order valence-electron chi connectivity index (χ2n) is 7.33. The third-order valence-corrected chi connectivity index (χ3v) is 5.84. The van der Waals surface area contributed by atoms with E-state index >= 15 is 0 Å². The Kier molecular flexibility index (Phi) is 9.73. The van der Waals surface area contributed by atoms with Crippen LogP contribution in [0.25, 0.3) is 0 Å². The average Bonchev–Trinajstić information content (AvgIpc) is 3.25. The maximum atomic E-state index is 12.4. The molecule has 2 amide bonds. The van der Waals surface area contributed by atoms with E-state index in [1.54, 1.807) is 49.6 Å². The van der Waals surface area contributed by atoms with Crippen molar-refractivity contribution >= 4 is 29.3 Å². The number of aromatic nitrogens is 3. The number of hydrogen-bond donors (Lipinski definition) is 2. The molecule has 2 N–H and O–H groups in total. The number of thioether (sulfide) groups is 1. The summed E-state index contributed by atoms with van der Waals surface area (Å²) in [6.07, 6.45) is 2.23. The number of rotatable bonds is 13. The van der Waals surface area contributed by atoms with Gasteiger partial charge in [-0.25, -0.2) is 0 Å². The van der Waals surface area contributed by atoms with Crippen molar-refractivity contribution in [1.29, 1.82) is 0 Å². The summed E-state index contributed by atoms with van der Waals surface area (Å²) < 4.78 is 12.4. The van der Waals surface area contributed by atoms with Crippen molar-refractivity contribution in [3.05, 3.63) is 72.6 Å². The smallest absolute Gasteiger partial charge is 0.251 e.